The number of carboxylic acid groups (broad SMARTS) is 1. The average molecular weight is 200 g/mol. The van der Waals surface area contributed by atoms with Crippen molar-refractivity contribution < 1.29 is 14.6 Å². The molecule has 3 unspecified atom stereocenters. The minimum absolute atomic E-state index is 0.301. The van der Waals surface area contributed by atoms with Gasteiger partial charge in [0.1, 0.15) is 6.04 Å². The Morgan fingerprint density at radius 2 is 2.07 bits per heavy atom. The minimum atomic E-state index is -0.927. The number of hydrogen-bond donors (Lipinski definition) is 2. The molecule has 5 nitrogen and oxygen atoms in total. The fourth-order valence-corrected chi connectivity index (χ4v) is 2.20. The van der Waals surface area contributed by atoms with Crippen molar-refractivity contribution in [2.75, 3.05) is 19.6 Å². The maximum absolute atomic E-state index is 10.6. The average Bonchev–Trinajstić information content (AvgIpc) is 2.45. The summed E-state index contributed by atoms with van der Waals surface area (Å²) >= 11 is 0. The van der Waals surface area contributed by atoms with Crippen molar-refractivity contribution in [3.8, 4) is 0 Å². The van der Waals surface area contributed by atoms with Gasteiger partial charge in [0.15, 0.2) is 0 Å². The second-order valence-electron chi connectivity index (χ2n) is 4.12. The molecule has 2 aliphatic rings. The van der Waals surface area contributed by atoms with Crippen LogP contribution in [0.25, 0.3) is 0 Å². The SMILES string of the molecule is NC(CN1CC2CCC(C1)O2)C(=O)O. The lowest BCUT2D eigenvalue weighted by molar-refractivity contribution is -0.139. The molecule has 2 bridgehead atoms. The van der Waals surface area contributed by atoms with E-state index in [0.717, 1.165) is 25.9 Å². The second-order valence-corrected chi connectivity index (χ2v) is 4.12. The van der Waals surface area contributed by atoms with E-state index < -0.39 is 12.0 Å². The standard InChI is InChI=1S/C9H16N2O3/c10-8(9(12)13)5-11-3-6-1-2-7(4-11)14-6/h6-8H,1-5,10H2,(H,12,13). The first-order valence-electron chi connectivity index (χ1n) is 5.01. The lowest BCUT2D eigenvalue weighted by Crippen LogP contribution is -2.49. The number of likely N-dealkylation sites (tertiary alicyclic amines) is 1. The number of rotatable bonds is 3. The van der Waals surface area contributed by atoms with Crippen LogP contribution >= 0.6 is 0 Å². The Hall–Kier alpha value is -0.650. The Labute approximate surface area is 82.8 Å². The summed E-state index contributed by atoms with van der Waals surface area (Å²) in [5, 5.41) is 8.68. The van der Waals surface area contributed by atoms with E-state index in [1.807, 2.05) is 0 Å². The molecule has 3 atom stereocenters. The minimum Gasteiger partial charge on any atom is -0.480 e. The number of nitrogens with zero attached hydrogens (tertiary/aromatic N) is 1. The summed E-state index contributed by atoms with van der Waals surface area (Å²) in [6, 6.07) is -0.771. The van der Waals surface area contributed by atoms with E-state index >= 15 is 0 Å². The molecule has 0 spiro atoms. The molecule has 0 aromatic heterocycles. The molecule has 5 heteroatoms. The Kier molecular flexibility index (Phi) is 2.71. The van der Waals surface area contributed by atoms with Crippen LogP contribution < -0.4 is 5.73 Å². The fraction of sp³-hybridized carbons (Fsp3) is 0.889. The van der Waals surface area contributed by atoms with Crippen molar-refractivity contribution in [1.29, 1.82) is 0 Å². The van der Waals surface area contributed by atoms with E-state index in [0.29, 0.717) is 18.8 Å². The van der Waals surface area contributed by atoms with Gasteiger partial charge in [-0.15, -0.1) is 0 Å². The lowest BCUT2D eigenvalue weighted by Gasteiger charge is -2.32. The number of ether oxygens (including phenoxy) is 1. The van der Waals surface area contributed by atoms with Gasteiger partial charge in [0, 0.05) is 19.6 Å². The molecule has 2 heterocycles. The van der Waals surface area contributed by atoms with Crippen LogP contribution in [-0.4, -0.2) is 53.9 Å². The Morgan fingerprint density at radius 3 is 2.57 bits per heavy atom. The van der Waals surface area contributed by atoms with Gasteiger partial charge in [-0.1, -0.05) is 0 Å². The highest BCUT2D eigenvalue weighted by molar-refractivity contribution is 5.73. The highest BCUT2D eigenvalue weighted by Crippen LogP contribution is 2.25. The van der Waals surface area contributed by atoms with E-state index in [-0.39, 0.29) is 0 Å². The molecule has 2 fully saturated rings. The molecule has 2 saturated heterocycles. The van der Waals surface area contributed by atoms with Gasteiger partial charge < -0.3 is 15.6 Å². The van der Waals surface area contributed by atoms with Gasteiger partial charge >= 0.3 is 5.97 Å². The Bertz CT molecular complexity index is 222. The summed E-state index contributed by atoms with van der Waals surface area (Å²) < 4.78 is 5.64. The van der Waals surface area contributed by atoms with Gasteiger partial charge in [-0.3, -0.25) is 9.69 Å². The highest BCUT2D eigenvalue weighted by Gasteiger charge is 2.34. The zero-order chi connectivity index (χ0) is 10.1. The number of morpholine rings is 1. The molecule has 0 saturated carbocycles. The third-order valence-corrected chi connectivity index (χ3v) is 2.89. The quantitative estimate of drug-likeness (QED) is 0.627. The smallest absolute Gasteiger partial charge is 0.321 e. The number of carbonyl (C=O) groups is 1. The number of hydrogen-bond acceptors (Lipinski definition) is 4. The molecule has 80 valence electrons. The largest absolute Gasteiger partial charge is 0.480 e. The van der Waals surface area contributed by atoms with Crippen LogP contribution in [0, 0.1) is 0 Å². The fourth-order valence-electron chi connectivity index (χ4n) is 2.20. The third-order valence-electron chi connectivity index (χ3n) is 2.89. The van der Waals surface area contributed by atoms with Crippen molar-refractivity contribution in [2.24, 2.45) is 5.73 Å². The third kappa shape index (κ3) is 2.05. The molecule has 14 heavy (non-hydrogen) atoms. The maximum Gasteiger partial charge on any atom is 0.321 e. The summed E-state index contributed by atoms with van der Waals surface area (Å²) in [5.41, 5.74) is 5.48. The van der Waals surface area contributed by atoms with E-state index in [4.69, 9.17) is 15.6 Å². The van der Waals surface area contributed by atoms with Crippen molar-refractivity contribution in [2.45, 2.75) is 31.1 Å². The molecule has 0 radical (unpaired) electrons. The van der Waals surface area contributed by atoms with Gasteiger partial charge in [-0.25, -0.2) is 0 Å². The molecule has 0 amide bonds. The molecule has 0 aromatic carbocycles. The summed E-state index contributed by atoms with van der Waals surface area (Å²) in [7, 11) is 0. The number of carboxylic acids is 1. The molecule has 3 N–H and O–H groups in total. The molecule has 2 rings (SSSR count). The number of aliphatic carboxylic acids is 1. The zero-order valence-corrected chi connectivity index (χ0v) is 8.06. The van der Waals surface area contributed by atoms with Gasteiger partial charge in [0.2, 0.25) is 0 Å². The monoisotopic (exact) mass is 200 g/mol. The maximum atomic E-state index is 10.6. The molecular formula is C9H16N2O3. The van der Waals surface area contributed by atoms with E-state index in [2.05, 4.69) is 4.90 Å². The predicted octanol–water partition coefficient (Wildman–Crippen LogP) is -0.738. The number of fused-ring (bicyclic) bond motifs is 2. The van der Waals surface area contributed by atoms with Crippen LogP contribution in [0.1, 0.15) is 12.8 Å². The van der Waals surface area contributed by atoms with Gasteiger partial charge in [-0.2, -0.15) is 0 Å². The number of nitrogens with two attached hydrogens (primary N) is 1. The Balaban J connectivity index is 1.84. The molecule has 0 aliphatic carbocycles. The summed E-state index contributed by atoms with van der Waals surface area (Å²) in [5.74, 6) is -0.927. The molecule has 0 aromatic rings. The topological polar surface area (TPSA) is 75.8 Å². The summed E-state index contributed by atoms with van der Waals surface area (Å²) in [6.45, 7) is 2.10. The summed E-state index contributed by atoms with van der Waals surface area (Å²) in [4.78, 5) is 12.7. The van der Waals surface area contributed by atoms with Crippen LogP contribution in [0.3, 0.4) is 0 Å². The van der Waals surface area contributed by atoms with Crippen LogP contribution in [0.15, 0.2) is 0 Å². The lowest BCUT2D eigenvalue weighted by atomic mass is 10.2. The first-order chi connectivity index (χ1) is 6.65. The van der Waals surface area contributed by atoms with Gasteiger partial charge in [0.05, 0.1) is 12.2 Å². The van der Waals surface area contributed by atoms with Crippen molar-refractivity contribution in [1.82, 2.24) is 4.90 Å². The van der Waals surface area contributed by atoms with Gasteiger partial charge in [0.25, 0.3) is 0 Å². The molecular weight excluding hydrogens is 184 g/mol. The van der Waals surface area contributed by atoms with Gasteiger partial charge in [-0.05, 0) is 12.8 Å². The van der Waals surface area contributed by atoms with Crippen LogP contribution in [0.2, 0.25) is 0 Å². The van der Waals surface area contributed by atoms with E-state index in [9.17, 15) is 4.79 Å². The molecule has 2 aliphatic heterocycles. The van der Waals surface area contributed by atoms with E-state index in [1.165, 1.54) is 0 Å². The van der Waals surface area contributed by atoms with Crippen molar-refractivity contribution in [3.63, 3.8) is 0 Å². The van der Waals surface area contributed by atoms with Crippen LogP contribution in [-0.2, 0) is 9.53 Å². The first kappa shape index (κ1) is 9.89. The normalized spacial score (nSPS) is 34.4. The van der Waals surface area contributed by atoms with Crippen LogP contribution in [0.5, 0.6) is 0 Å². The predicted molar refractivity (Wildman–Crippen MR) is 49.9 cm³/mol. The zero-order valence-electron chi connectivity index (χ0n) is 8.06. The van der Waals surface area contributed by atoms with E-state index in [1.54, 1.807) is 0 Å². The second kappa shape index (κ2) is 3.84. The Morgan fingerprint density at radius 1 is 1.50 bits per heavy atom. The van der Waals surface area contributed by atoms with Crippen molar-refractivity contribution >= 4 is 5.97 Å². The highest BCUT2D eigenvalue weighted by atomic mass is 16.5. The summed E-state index contributed by atoms with van der Waals surface area (Å²) in [6.07, 6.45) is 2.80. The van der Waals surface area contributed by atoms with Crippen molar-refractivity contribution in [3.05, 3.63) is 0 Å². The van der Waals surface area contributed by atoms with Crippen LogP contribution in [0.4, 0.5) is 0 Å². The first-order valence-corrected chi connectivity index (χ1v) is 5.01.